The standard InChI is InChI=1S/C15H11NO3S/c17-11-13-6-2-4-8-15(13)20(18,19)16-10-9-12-5-1-3-7-14(12)16/h1-11H. The fourth-order valence-corrected chi connectivity index (χ4v) is 3.71. The second kappa shape index (κ2) is 4.61. The SMILES string of the molecule is O=Cc1ccccc1S(=O)(=O)n1ccc2ccccc21. The van der Waals surface area contributed by atoms with Gasteiger partial charge < -0.3 is 0 Å². The lowest BCUT2D eigenvalue weighted by atomic mass is 10.2. The summed E-state index contributed by atoms with van der Waals surface area (Å²) >= 11 is 0. The average Bonchev–Trinajstić information content (AvgIpc) is 2.92. The molecule has 0 spiro atoms. The first-order valence-electron chi connectivity index (χ1n) is 6.00. The first kappa shape index (κ1) is 12.6. The van der Waals surface area contributed by atoms with Crippen LogP contribution in [-0.2, 0) is 10.0 Å². The van der Waals surface area contributed by atoms with Crippen molar-refractivity contribution in [1.82, 2.24) is 3.97 Å². The van der Waals surface area contributed by atoms with E-state index in [9.17, 15) is 13.2 Å². The highest BCUT2D eigenvalue weighted by Gasteiger charge is 2.21. The minimum absolute atomic E-state index is 0.0105. The fraction of sp³-hybridized carbons (Fsp3) is 0. The van der Waals surface area contributed by atoms with Gasteiger partial charge in [-0.05, 0) is 18.2 Å². The van der Waals surface area contributed by atoms with Crippen LogP contribution in [0.15, 0.2) is 65.7 Å². The Morgan fingerprint density at radius 3 is 2.40 bits per heavy atom. The summed E-state index contributed by atoms with van der Waals surface area (Å²) in [6.07, 6.45) is 2.06. The molecule has 0 fully saturated rings. The van der Waals surface area contributed by atoms with Gasteiger partial charge >= 0.3 is 0 Å². The zero-order valence-electron chi connectivity index (χ0n) is 10.4. The lowest BCUT2D eigenvalue weighted by Crippen LogP contribution is -2.13. The first-order chi connectivity index (χ1) is 9.64. The van der Waals surface area contributed by atoms with E-state index in [4.69, 9.17) is 0 Å². The maximum absolute atomic E-state index is 12.7. The maximum Gasteiger partial charge on any atom is 0.268 e. The molecule has 5 heteroatoms. The lowest BCUT2D eigenvalue weighted by Gasteiger charge is -2.09. The summed E-state index contributed by atoms with van der Waals surface area (Å²) in [6.45, 7) is 0. The van der Waals surface area contributed by atoms with E-state index in [1.807, 2.05) is 12.1 Å². The Balaban J connectivity index is 2.30. The number of aromatic nitrogens is 1. The van der Waals surface area contributed by atoms with Crippen molar-refractivity contribution >= 4 is 27.2 Å². The molecule has 100 valence electrons. The van der Waals surface area contributed by atoms with Crippen molar-refractivity contribution in [1.29, 1.82) is 0 Å². The van der Waals surface area contributed by atoms with Gasteiger partial charge in [0.1, 0.15) is 0 Å². The maximum atomic E-state index is 12.7. The zero-order chi connectivity index (χ0) is 14.2. The molecule has 0 atom stereocenters. The van der Waals surface area contributed by atoms with Gasteiger partial charge in [-0.25, -0.2) is 12.4 Å². The molecule has 3 rings (SSSR count). The van der Waals surface area contributed by atoms with Crippen molar-refractivity contribution < 1.29 is 13.2 Å². The molecular weight excluding hydrogens is 274 g/mol. The van der Waals surface area contributed by atoms with Gasteiger partial charge in [0, 0.05) is 17.1 Å². The van der Waals surface area contributed by atoms with Crippen LogP contribution in [-0.4, -0.2) is 18.7 Å². The minimum atomic E-state index is -3.78. The number of nitrogens with zero attached hydrogens (tertiary/aromatic N) is 1. The van der Waals surface area contributed by atoms with Gasteiger partial charge in [-0.2, -0.15) is 0 Å². The number of carbonyl (C=O) groups is 1. The molecule has 3 aromatic rings. The molecule has 1 heterocycles. The molecule has 0 unspecified atom stereocenters. The van der Waals surface area contributed by atoms with Gasteiger partial charge in [0.05, 0.1) is 10.4 Å². The monoisotopic (exact) mass is 285 g/mol. The predicted octanol–water partition coefficient (Wildman–Crippen LogP) is 2.69. The van der Waals surface area contributed by atoms with Crippen LogP contribution < -0.4 is 0 Å². The number of carbonyl (C=O) groups excluding carboxylic acids is 1. The number of fused-ring (bicyclic) bond motifs is 1. The smallest absolute Gasteiger partial charge is 0.268 e. The van der Waals surface area contributed by atoms with E-state index in [0.29, 0.717) is 11.8 Å². The van der Waals surface area contributed by atoms with Crippen LogP contribution in [0, 0.1) is 0 Å². The molecule has 1 aromatic heterocycles. The van der Waals surface area contributed by atoms with Gasteiger partial charge in [0.25, 0.3) is 10.0 Å². The Morgan fingerprint density at radius 2 is 1.60 bits per heavy atom. The Labute approximate surface area is 116 Å². The van der Waals surface area contributed by atoms with Crippen LogP contribution in [0.5, 0.6) is 0 Å². The van der Waals surface area contributed by atoms with Crippen LogP contribution >= 0.6 is 0 Å². The van der Waals surface area contributed by atoms with Gasteiger partial charge in [-0.3, -0.25) is 4.79 Å². The van der Waals surface area contributed by atoms with E-state index >= 15 is 0 Å². The summed E-state index contributed by atoms with van der Waals surface area (Å²) in [4.78, 5) is 11.0. The first-order valence-corrected chi connectivity index (χ1v) is 7.44. The summed E-state index contributed by atoms with van der Waals surface area (Å²) in [5.74, 6) is 0. The van der Waals surface area contributed by atoms with Gasteiger partial charge in [0.15, 0.2) is 6.29 Å². The molecule has 2 aromatic carbocycles. The highest BCUT2D eigenvalue weighted by atomic mass is 32.2. The highest BCUT2D eigenvalue weighted by molar-refractivity contribution is 7.90. The molecule has 0 saturated carbocycles. The summed E-state index contributed by atoms with van der Waals surface area (Å²) in [6, 6.07) is 15.1. The second-order valence-electron chi connectivity index (χ2n) is 4.33. The van der Waals surface area contributed by atoms with Gasteiger partial charge in [-0.1, -0.05) is 36.4 Å². The third kappa shape index (κ3) is 1.83. The van der Waals surface area contributed by atoms with E-state index < -0.39 is 10.0 Å². The Morgan fingerprint density at radius 1 is 0.900 bits per heavy atom. The van der Waals surface area contributed by atoms with Crippen molar-refractivity contribution in [3.05, 3.63) is 66.4 Å². The summed E-state index contributed by atoms with van der Waals surface area (Å²) < 4.78 is 26.6. The molecule has 0 saturated heterocycles. The molecule has 0 N–H and O–H groups in total. The summed E-state index contributed by atoms with van der Waals surface area (Å²) in [5.41, 5.74) is 0.749. The predicted molar refractivity (Wildman–Crippen MR) is 76.4 cm³/mol. The fourth-order valence-electron chi connectivity index (χ4n) is 2.19. The normalized spacial score (nSPS) is 11.6. The topological polar surface area (TPSA) is 56.1 Å². The number of aldehydes is 1. The average molecular weight is 285 g/mol. The van der Waals surface area contributed by atoms with E-state index in [0.717, 1.165) is 5.39 Å². The van der Waals surface area contributed by atoms with E-state index in [2.05, 4.69) is 0 Å². The largest absolute Gasteiger partial charge is 0.298 e. The molecule has 0 radical (unpaired) electrons. The summed E-state index contributed by atoms with van der Waals surface area (Å²) in [5, 5.41) is 0.833. The second-order valence-corrected chi connectivity index (χ2v) is 6.11. The van der Waals surface area contributed by atoms with Crippen molar-refractivity contribution in [2.45, 2.75) is 4.90 Å². The lowest BCUT2D eigenvalue weighted by molar-refractivity contribution is 0.112. The molecular formula is C15H11NO3S. The van der Waals surface area contributed by atoms with Crippen LogP contribution in [0.1, 0.15) is 10.4 Å². The minimum Gasteiger partial charge on any atom is -0.298 e. The highest BCUT2D eigenvalue weighted by Crippen LogP contribution is 2.23. The molecule has 0 aliphatic carbocycles. The molecule has 4 nitrogen and oxygen atoms in total. The number of benzene rings is 2. The van der Waals surface area contributed by atoms with E-state index in [1.165, 1.54) is 22.3 Å². The van der Waals surface area contributed by atoms with Crippen molar-refractivity contribution in [2.75, 3.05) is 0 Å². The third-order valence-electron chi connectivity index (χ3n) is 3.15. The number of hydrogen-bond donors (Lipinski definition) is 0. The Bertz CT molecular complexity index is 894. The van der Waals surface area contributed by atoms with E-state index in [-0.39, 0.29) is 10.5 Å². The van der Waals surface area contributed by atoms with Crippen LogP contribution in [0.4, 0.5) is 0 Å². The molecule has 0 bridgehead atoms. The molecule has 0 amide bonds. The summed E-state index contributed by atoms with van der Waals surface area (Å²) in [7, 11) is -3.78. The quantitative estimate of drug-likeness (QED) is 0.695. The Hall–Kier alpha value is -2.40. The van der Waals surface area contributed by atoms with Crippen molar-refractivity contribution in [2.24, 2.45) is 0 Å². The molecule has 20 heavy (non-hydrogen) atoms. The van der Waals surface area contributed by atoms with Crippen molar-refractivity contribution in [3.8, 4) is 0 Å². The molecule has 0 aliphatic rings. The van der Waals surface area contributed by atoms with Crippen LogP contribution in [0.3, 0.4) is 0 Å². The number of hydrogen-bond acceptors (Lipinski definition) is 3. The number of rotatable bonds is 3. The number of para-hydroxylation sites is 1. The van der Waals surface area contributed by atoms with Crippen LogP contribution in [0.25, 0.3) is 10.9 Å². The zero-order valence-corrected chi connectivity index (χ0v) is 11.2. The van der Waals surface area contributed by atoms with E-state index in [1.54, 1.807) is 30.3 Å². The van der Waals surface area contributed by atoms with Gasteiger partial charge in [0.2, 0.25) is 0 Å². The van der Waals surface area contributed by atoms with Crippen LogP contribution in [0.2, 0.25) is 0 Å². The Kier molecular flexibility index (Phi) is 2.91. The van der Waals surface area contributed by atoms with Gasteiger partial charge in [-0.15, -0.1) is 0 Å². The third-order valence-corrected chi connectivity index (χ3v) is 4.91. The van der Waals surface area contributed by atoms with Crippen molar-refractivity contribution in [3.63, 3.8) is 0 Å². The molecule has 0 aliphatic heterocycles.